The van der Waals surface area contributed by atoms with Gasteiger partial charge in [-0.15, -0.1) is 0 Å². The summed E-state index contributed by atoms with van der Waals surface area (Å²) in [6.45, 7) is 0. The van der Waals surface area contributed by atoms with Crippen molar-refractivity contribution >= 4 is 0 Å². The van der Waals surface area contributed by atoms with Crippen molar-refractivity contribution in [2.45, 2.75) is 6.42 Å². The number of rotatable bonds is 4. The zero-order valence-corrected chi connectivity index (χ0v) is 11.4. The third-order valence-corrected chi connectivity index (χ3v) is 3.22. The minimum Gasteiger partial charge on any atom is -0.497 e. The molecule has 3 aromatic rings. The van der Waals surface area contributed by atoms with E-state index in [9.17, 15) is 0 Å². The van der Waals surface area contributed by atoms with Crippen molar-refractivity contribution in [3.8, 4) is 11.4 Å². The van der Waals surface area contributed by atoms with Crippen molar-refractivity contribution in [2.75, 3.05) is 7.11 Å². The molecule has 0 radical (unpaired) electrons. The third-order valence-electron chi connectivity index (χ3n) is 3.22. The summed E-state index contributed by atoms with van der Waals surface area (Å²) >= 11 is 0. The van der Waals surface area contributed by atoms with Crippen LogP contribution in [0.1, 0.15) is 11.1 Å². The monoisotopic (exact) mass is 264 g/mol. The lowest BCUT2D eigenvalue weighted by Gasteiger charge is -2.02. The van der Waals surface area contributed by atoms with Gasteiger partial charge in [-0.05, 0) is 35.4 Å². The highest BCUT2D eigenvalue weighted by Crippen LogP contribution is 2.15. The number of para-hydroxylation sites is 1. The van der Waals surface area contributed by atoms with Crippen molar-refractivity contribution in [2.24, 2.45) is 0 Å². The van der Waals surface area contributed by atoms with Crippen LogP contribution >= 0.6 is 0 Å². The van der Waals surface area contributed by atoms with Crippen LogP contribution in [0.3, 0.4) is 0 Å². The summed E-state index contributed by atoms with van der Waals surface area (Å²) in [4.78, 5) is 0. The fraction of sp³-hybridized carbons (Fsp3) is 0.118. The van der Waals surface area contributed by atoms with E-state index in [-0.39, 0.29) is 0 Å². The second-order valence-electron chi connectivity index (χ2n) is 4.65. The van der Waals surface area contributed by atoms with Crippen LogP contribution in [0.5, 0.6) is 5.75 Å². The Morgan fingerprint density at radius 3 is 2.40 bits per heavy atom. The molecule has 0 aliphatic rings. The number of aromatic nitrogens is 2. The van der Waals surface area contributed by atoms with Crippen LogP contribution in [-0.4, -0.2) is 16.9 Å². The van der Waals surface area contributed by atoms with Crippen LogP contribution in [0.15, 0.2) is 67.0 Å². The highest BCUT2D eigenvalue weighted by atomic mass is 16.5. The molecule has 3 heteroatoms. The Kier molecular flexibility index (Phi) is 3.50. The molecule has 0 amide bonds. The molecule has 0 N–H and O–H groups in total. The van der Waals surface area contributed by atoms with E-state index in [1.807, 2.05) is 53.3 Å². The summed E-state index contributed by atoms with van der Waals surface area (Å²) in [5, 5.41) is 4.41. The van der Waals surface area contributed by atoms with Gasteiger partial charge in [-0.2, -0.15) is 5.10 Å². The predicted octanol–water partition coefficient (Wildman–Crippen LogP) is 3.47. The second kappa shape index (κ2) is 5.61. The van der Waals surface area contributed by atoms with Gasteiger partial charge in [-0.25, -0.2) is 4.68 Å². The molecular formula is C17H16N2O. The Morgan fingerprint density at radius 1 is 0.950 bits per heavy atom. The lowest BCUT2D eigenvalue weighted by molar-refractivity contribution is 0.414. The van der Waals surface area contributed by atoms with Gasteiger partial charge in [0.1, 0.15) is 5.75 Å². The molecule has 0 saturated heterocycles. The van der Waals surface area contributed by atoms with Gasteiger partial charge in [-0.3, -0.25) is 0 Å². The first-order valence-corrected chi connectivity index (χ1v) is 6.57. The van der Waals surface area contributed by atoms with Crippen LogP contribution in [0.4, 0.5) is 0 Å². The maximum absolute atomic E-state index is 5.16. The standard InChI is InChI=1S/C17H16N2O/c1-20-17-9-7-14(8-10-17)11-15-12-18-19(13-15)16-5-3-2-4-6-16/h2-10,12-13H,11H2,1H3. The largest absolute Gasteiger partial charge is 0.497 e. The third kappa shape index (κ3) is 2.72. The van der Waals surface area contributed by atoms with E-state index in [0.29, 0.717) is 0 Å². The van der Waals surface area contributed by atoms with Crippen LogP contribution in [0.25, 0.3) is 5.69 Å². The van der Waals surface area contributed by atoms with Crippen molar-refractivity contribution in [3.05, 3.63) is 78.1 Å². The minimum absolute atomic E-state index is 0.872. The lowest BCUT2D eigenvalue weighted by atomic mass is 10.1. The lowest BCUT2D eigenvalue weighted by Crippen LogP contribution is -1.93. The summed E-state index contributed by atoms with van der Waals surface area (Å²) in [6, 6.07) is 18.3. The van der Waals surface area contributed by atoms with E-state index >= 15 is 0 Å². The van der Waals surface area contributed by atoms with Gasteiger partial charge < -0.3 is 4.74 Å². The zero-order chi connectivity index (χ0) is 13.8. The normalized spacial score (nSPS) is 10.4. The molecule has 100 valence electrons. The van der Waals surface area contributed by atoms with E-state index in [4.69, 9.17) is 4.74 Å². The number of methoxy groups -OCH3 is 1. The number of hydrogen-bond donors (Lipinski definition) is 0. The van der Waals surface area contributed by atoms with Gasteiger partial charge in [0.05, 0.1) is 19.0 Å². The number of nitrogens with zero attached hydrogens (tertiary/aromatic N) is 2. The fourth-order valence-corrected chi connectivity index (χ4v) is 2.15. The highest BCUT2D eigenvalue weighted by Gasteiger charge is 2.02. The van der Waals surface area contributed by atoms with Crippen molar-refractivity contribution in [1.29, 1.82) is 0 Å². The first-order chi connectivity index (χ1) is 9.85. The van der Waals surface area contributed by atoms with E-state index in [2.05, 4.69) is 23.4 Å². The molecule has 20 heavy (non-hydrogen) atoms. The van der Waals surface area contributed by atoms with E-state index < -0.39 is 0 Å². The number of ether oxygens (including phenoxy) is 1. The number of hydrogen-bond acceptors (Lipinski definition) is 2. The molecule has 2 aromatic carbocycles. The average molecular weight is 264 g/mol. The summed E-state index contributed by atoms with van der Waals surface area (Å²) < 4.78 is 7.07. The molecule has 0 bridgehead atoms. The first kappa shape index (κ1) is 12.5. The van der Waals surface area contributed by atoms with Crippen LogP contribution in [-0.2, 0) is 6.42 Å². The van der Waals surface area contributed by atoms with Gasteiger partial charge in [0.25, 0.3) is 0 Å². The van der Waals surface area contributed by atoms with E-state index in [1.54, 1.807) is 7.11 Å². The van der Waals surface area contributed by atoms with Crippen LogP contribution < -0.4 is 4.74 Å². The summed E-state index contributed by atoms with van der Waals surface area (Å²) in [5.41, 5.74) is 3.52. The number of benzene rings is 2. The molecular weight excluding hydrogens is 248 g/mol. The zero-order valence-electron chi connectivity index (χ0n) is 11.4. The molecule has 0 saturated carbocycles. The van der Waals surface area contributed by atoms with Crippen molar-refractivity contribution < 1.29 is 4.74 Å². The Labute approximate surface area is 118 Å². The Balaban J connectivity index is 1.77. The van der Waals surface area contributed by atoms with Gasteiger partial charge in [0.2, 0.25) is 0 Å². The van der Waals surface area contributed by atoms with Crippen molar-refractivity contribution in [3.63, 3.8) is 0 Å². The summed E-state index contributed by atoms with van der Waals surface area (Å²) in [6.07, 6.45) is 4.85. The van der Waals surface area contributed by atoms with Crippen LogP contribution in [0.2, 0.25) is 0 Å². The Morgan fingerprint density at radius 2 is 1.70 bits per heavy atom. The average Bonchev–Trinajstić information content (AvgIpc) is 2.97. The highest BCUT2D eigenvalue weighted by molar-refractivity contribution is 5.33. The van der Waals surface area contributed by atoms with E-state index in [1.165, 1.54) is 11.1 Å². The smallest absolute Gasteiger partial charge is 0.118 e. The molecule has 3 nitrogen and oxygen atoms in total. The maximum Gasteiger partial charge on any atom is 0.118 e. The molecule has 0 fully saturated rings. The van der Waals surface area contributed by atoms with Gasteiger partial charge in [0.15, 0.2) is 0 Å². The molecule has 1 heterocycles. The maximum atomic E-state index is 5.16. The quantitative estimate of drug-likeness (QED) is 0.721. The molecule has 0 spiro atoms. The van der Waals surface area contributed by atoms with Gasteiger partial charge in [-0.1, -0.05) is 30.3 Å². The Bertz CT molecular complexity index is 672. The molecule has 1 aromatic heterocycles. The molecule has 3 rings (SSSR count). The molecule has 0 unspecified atom stereocenters. The molecule has 0 atom stereocenters. The van der Waals surface area contributed by atoms with Gasteiger partial charge >= 0.3 is 0 Å². The van der Waals surface area contributed by atoms with Crippen molar-refractivity contribution in [1.82, 2.24) is 9.78 Å². The second-order valence-corrected chi connectivity index (χ2v) is 4.65. The molecule has 0 aliphatic heterocycles. The topological polar surface area (TPSA) is 27.1 Å². The summed E-state index contributed by atoms with van der Waals surface area (Å²) in [7, 11) is 1.68. The SMILES string of the molecule is COc1ccc(Cc2cnn(-c3ccccc3)c2)cc1. The van der Waals surface area contributed by atoms with Gasteiger partial charge in [0, 0.05) is 12.6 Å². The van der Waals surface area contributed by atoms with E-state index in [0.717, 1.165) is 17.9 Å². The fourth-order valence-electron chi connectivity index (χ4n) is 2.15. The minimum atomic E-state index is 0.872. The van der Waals surface area contributed by atoms with Crippen LogP contribution in [0, 0.1) is 0 Å². The molecule has 0 aliphatic carbocycles. The first-order valence-electron chi connectivity index (χ1n) is 6.57. The predicted molar refractivity (Wildman–Crippen MR) is 79.4 cm³/mol. The Hall–Kier alpha value is -2.55. The summed E-state index contributed by atoms with van der Waals surface area (Å²) in [5.74, 6) is 0.883.